The number of benzene rings is 2. The summed E-state index contributed by atoms with van der Waals surface area (Å²) >= 11 is 5.84. The van der Waals surface area contributed by atoms with E-state index in [1.165, 1.54) is 4.90 Å². The lowest BCUT2D eigenvalue weighted by molar-refractivity contribution is 0.0827. The first-order valence-corrected chi connectivity index (χ1v) is 8.40. The molecule has 2 aromatic carbocycles. The molecular weight excluding hydrogens is 338 g/mol. The van der Waals surface area contributed by atoms with E-state index in [9.17, 15) is 9.59 Å². The van der Waals surface area contributed by atoms with Crippen LogP contribution in [0.1, 0.15) is 21.5 Å². The molecule has 2 rings (SSSR count). The summed E-state index contributed by atoms with van der Waals surface area (Å²) in [4.78, 5) is 25.2. The van der Waals surface area contributed by atoms with E-state index in [0.29, 0.717) is 23.7 Å². The zero-order valence-corrected chi connectivity index (χ0v) is 15.1. The molecule has 0 fully saturated rings. The van der Waals surface area contributed by atoms with Gasteiger partial charge in [0.2, 0.25) is 0 Å². The molecule has 0 radical (unpaired) electrons. The van der Waals surface area contributed by atoms with Crippen molar-refractivity contribution in [3.8, 4) is 0 Å². The van der Waals surface area contributed by atoms with Gasteiger partial charge in [-0.25, -0.2) is 4.79 Å². The average molecular weight is 360 g/mol. The van der Waals surface area contributed by atoms with Crippen molar-refractivity contribution in [2.75, 3.05) is 20.6 Å². The summed E-state index contributed by atoms with van der Waals surface area (Å²) in [6, 6.07) is 14.5. The largest absolute Gasteiger partial charge is 0.345 e. The summed E-state index contributed by atoms with van der Waals surface area (Å²) in [6.07, 6.45) is 0.742. The fourth-order valence-corrected chi connectivity index (χ4v) is 2.37. The molecule has 0 spiro atoms. The van der Waals surface area contributed by atoms with Crippen LogP contribution >= 0.6 is 11.6 Å². The second kappa shape index (κ2) is 9.08. The Bertz CT molecular complexity index is 712. The molecule has 0 atom stereocenters. The maximum atomic E-state index is 11.8. The lowest BCUT2D eigenvalue weighted by Crippen LogP contribution is -2.36. The second-order valence-electron chi connectivity index (χ2n) is 5.88. The third-order valence-electron chi connectivity index (χ3n) is 3.67. The van der Waals surface area contributed by atoms with Crippen molar-refractivity contribution in [3.63, 3.8) is 0 Å². The quantitative estimate of drug-likeness (QED) is 0.832. The minimum absolute atomic E-state index is 0.0422. The van der Waals surface area contributed by atoms with Crippen LogP contribution in [0, 0.1) is 0 Å². The Kier molecular flexibility index (Phi) is 6.83. The molecule has 5 nitrogen and oxygen atoms in total. The number of urea groups is 1. The summed E-state index contributed by atoms with van der Waals surface area (Å²) in [7, 11) is 3.43. The molecule has 0 aliphatic carbocycles. The Labute approximate surface area is 153 Å². The molecule has 25 heavy (non-hydrogen) atoms. The van der Waals surface area contributed by atoms with Crippen molar-refractivity contribution >= 4 is 23.5 Å². The van der Waals surface area contributed by atoms with Gasteiger partial charge in [-0.15, -0.1) is 0 Å². The van der Waals surface area contributed by atoms with Crippen LogP contribution < -0.4 is 10.6 Å². The topological polar surface area (TPSA) is 61.4 Å². The summed E-state index contributed by atoms with van der Waals surface area (Å²) in [5, 5.41) is 6.32. The van der Waals surface area contributed by atoms with Crippen LogP contribution in [0.25, 0.3) is 0 Å². The Morgan fingerprint density at radius 2 is 1.52 bits per heavy atom. The predicted molar refractivity (Wildman–Crippen MR) is 99.9 cm³/mol. The van der Waals surface area contributed by atoms with E-state index in [2.05, 4.69) is 10.6 Å². The first-order chi connectivity index (χ1) is 12.0. The van der Waals surface area contributed by atoms with Crippen molar-refractivity contribution in [1.29, 1.82) is 0 Å². The van der Waals surface area contributed by atoms with Gasteiger partial charge in [0.1, 0.15) is 0 Å². The zero-order valence-electron chi connectivity index (χ0n) is 14.4. The van der Waals surface area contributed by atoms with Crippen molar-refractivity contribution in [1.82, 2.24) is 15.5 Å². The molecule has 0 aromatic heterocycles. The Balaban J connectivity index is 1.72. The molecule has 2 aromatic rings. The maximum Gasteiger partial charge on any atom is 0.315 e. The van der Waals surface area contributed by atoms with Crippen molar-refractivity contribution in [3.05, 3.63) is 70.2 Å². The van der Waals surface area contributed by atoms with Gasteiger partial charge in [0, 0.05) is 37.8 Å². The molecule has 0 saturated carbocycles. The summed E-state index contributed by atoms with van der Waals surface area (Å²) < 4.78 is 0. The van der Waals surface area contributed by atoms with Crippen molar-refractivity contribution < 1.29 is 9.59 Å². The van der Waals surface area contributed by atoms with E-state index < -0.39 is 0 Å². The molecule has 0 saturated heterocycles. The highest BCUT2D eigenvalue weighted by Crippen LogP contribution is 2.09. The highest BCUT2D eigenvalue weighted by atomic mass is 35.5. The van der Waals surface area contributed by atoms with Crippen LogP contribution in [-0.4, -0.2) is 37.5 Å². The van der Waals surface area contributed by atoms with Gasteiger partial charge in [-0.3, -0.25) is 4.79 Å². The molecule has 0 aliphatic heterocycles. The van der Waals surface area contributed by atoms with E-state index in [-0.39, 0.29) is 11.9 Å². The van der Waals surface area contributed by atoms with Crippen LogP contribution in [-0.2, 0) is 13.0 Å². The van der Waals surface area contributed by atoms with Crippen LogP contribution in [0.3, 0.4) is 0 Å². The number of nitrogens with zero attached hydrogens (tertiary/aromatic N) is 1. The number of hydrogen-bond donors (Lipinski definition) is 2. The van der Waals surface area contributed by atoms with Gasteiger partial charge < -0.3 is 15.5 Å². The second-order valence-corrected chi connectivity index (χ2v) is 6.32. The van der Waals surface area contributed by atoms with Crippen LogP contribution in [0.5, 0.6) is 0 Å². The Morgan fingerprint density at radius 3 is 2.12 bits per heavy atom. The number of hydrogen-bond acceptors (Lipinski definition) is 2. The van der Waals surface area contributed by atoms with E-state index in [1.54, 1.807) is 26.2 Å². The van der Waals surface area contributed by atoms with Gasteiger partial charge in [0.05, 0.1) is 0 Å². The first kappa shape index (κ1) is 18.8. The molecule has 0 bridgehead atoms. The summed E-state index contributed by atoms with van der Waals surface area (Å²) in [5.74, 6) is -0.0422. The third kappa shape index (κ3) is 6.12. The van der Waals surface area contributed by atoms with Crippen LogP contribution in [0.2, 0.25) is 5.02 Å². The molecule has 3 amide bonds. The standard InChI is InChI=1S/C19H22ClN3O2/c1-23(2)18(24)16-7-3-15(4-8-16)13-22-19(25)21-12-11-14-5-9-17(20)10-6-14/h3-10H,11-13H2,1-2H3,(H2,21,22,25). The predicted octanol–water partition coefficient (Wildman–Crippen LogP) is 3.08. The van der Waals surface area contributed by atoms with Crippen LogP contribution in [0.4, 0.5) is 4.79 Å². The molecule has 132 valence electrons. The van der Waals surface area contributed by atoms with E-state index >= 15 is 0 Å². The fraction of sp³-hybridized carbons (Fsp3) is 0.263. The molecule has 6 heteroatoms. The van der Waals surface area contributed by atoms with E-state index in [4.69, 9.17) is 11.6 Å². The normalized spacial score (nSPS) is 10.2. The molecule has 0 unspecified atom stereocenters. The highest BCUT2D eigenvalue weighted by Gasteiger charge is 2.07. The van der Waals surface area contributed by atoms with Crippen molar-refractivity contribution in [2.45, 2.75) is 13.0 Å². The molecular formula is C19H22ClN3O2. The SMILES string of the molecule is CN(C)C(=O)c1ccc(CNC(=O)NCCc2ccc(Cl)cc2)cc1. The van der Waals surface area contributed by atoms with Gasteiger partial charge in [-0.05, 0) is 41.8 Å². The minimum Gasteiger partial charge on any atom is -0.345 e. The Hall–Kier alpha value is -2.53. The summed E-state index contributed by atoms with van der Waals surface area (Å²) in [5.41, 5.74) is 2.68. The van der Waals surface area contributed by atoms with E-state index in [0.717, 1.165) is 17.5 Å². The average Bonchev–Trinajstić information content (AvgIpc) is 2.61. The van der Waals surface area contributed by atoms with Gasteiger partial charge in [-0.1, -0.05) is 35.9 Å². The first-order valence-electron chi connectivity index (χ1n) is 8.02. The Morgan fingerprint density at radius 1 is 0.920 bits per heavy atom. The van der Waals surface area contributed by atoms with E-state index in [1.807, 2.05) is 36.4 Å². The lowest BCUT2D eigenvalue weighted by Gasteiger charge is -2.11. The molecule has 2 N–H and O–H groups in total. The number of carbonyl (C=O) groups is 2. The fourth-order valence-electron chi connectivity index (χ4n) is 2.24. The number of nitrogens with one attached hydrogen (secondary N) is 2. The van der Waals surface area contributed by atoms with Crippen molar-refractivity contribution in [2.24, 2.45) is 0 Å². The maximum absolute atomic E-state index is 11.8. The number of rotatable bonds is 6. The van der Waals surface area contributed by atoms with Gasteiger partial charge in [-0.2, -0.15) is 0 Å². The van der Waals surface area contributed by atoms with Crippen LogP contribution in [0.15, 0.2) is 48.5 Å². The van der Waals surface area contributed by atoms with Gasteiger partial charge in [0.15, 0.2) is 0 Å². The molecule has 0 heterocycles. The zero-order chi connectivity index (χ0) is 18.2. The molecule has 0 aliphatic rings. The van der Waals surface area contributed by atoms with Gasteiger partial charge in [0.25, 0.3) is 5.91 Å². The lowest BCUT2D eigenvalue weighted by atomic mass is 10.1. The summed E-state index contributed by atoms with van der Waals surface area (Å²) in [6.45, 7) is 0.951. The highest BCUT2D eigenvalue weighted by molar-refractivity contribution is 6.30. The number of halogens is 1. The number of amides is 3. The smallest absolute Gasteiger partial charge is 0.315 e. The third-order valence-corrected chi connectivity index (χ3v) is 3.92. The monoisotopic (exact) mass is 359 g/mol. The van der Waals surface area contributed by atoms with Gasteiger partial charge >= 0.3 is 6.03 Å². The number of carbonyl (C=O) groups excluding carboxylic acids is 2. The minimum atomic E-state index is -0.220.